The Balaban J connectivity index is 1.36. The van der Waals surface area contributed by atoms with Gasteiger partial charge in [0.15, 0.2) is 29.1 Å². The molecule has 36 heavy (non-hydrogen) atoms. The molecular formula is C29H39FO6. The number of halogens is 1. The molecule has 0 aromatic carbocycles. The van der Waals surface area contributed by atoms with Gasteiger partial charge < -0.3 is 19.7 Å². The highest BCUT2D eigenvalue weighted by molar-refractivity contribution is 6.01. The number of ether oxygens (including phenoxy) is 2. The average molecular weight is 503 g/mol. The number of aliphatic hydroxyl groups excluding tert-OH is 2. The number of fused-ring (bicyclic) bond motifs is 7. The van der Waals surface area contributed by atoms with E-state index in [1.807, 2.05) is 6.92 Å². The Hall–Kier alpha value is -1.41. The molecule has 2 N–H and O–H groups in total. The molecule has 0 bridgehead atoms. The van der Waals surface area contributed by atoms with E-state index >= 15 is 4.39 Å². The third kappa shape index (κ3) is 3.03. The second-order valence-corrected chi connectivity index (χ2v) is 12.7. The summed E-state index contributed by atoms with van der Waals surface area (Å²) >= 11 is 0. The maximum Gasteiger partial charge on any atom is 0.193 e. The summed E-state index contributed by atoms with van der Waals surface area (Å²) in [6, 6.07) is 0. The van der Waals surface area contributed by atoms with Gasteiger partial charge in [0, 0.05) is 23.2 Å². The Morgan fingerprint density at radius 3 is 2.64 bits per heavy atom. The van der Waals surface area contributed by atoms with Crippen LogP contribution in [-0.2, 0) is 19.1 Å². The molecular weight excluding hydrogens is 463 g/mol. The predicted octanol–water partition coefficient (Wildman–Crippen LogP) is 3.98. The quantitative estimate of drug-likeness (QED) is 0.604. The van der Waals surface area contributed by atoms with Gasteiger partial charge in [-0.2, -0.15) is 0 Å². The van der Waals surface area contributed by atoms with Crippen molar-refractivity contribution in [3.8, 4) is 0 Å². The Bertz CT molecular complexity index is 1020. The summed E-state index contributed by atoms with van der Waals surface area (Å²) in [4.78, 5) is 25.6. The number of alkyl halides is 1. The summed E-state index contributed by atoms with van der Waals surface area (Å²) in [7, 11) is 0. The van der Waals surface area contributed by atoms with Gasteiger partial charge in [0.1, 0.15) is 6.61 Å². The van der Waals surface area contributed by atoms with Gasteiger partial charge >= 0.3 is 0 Å². The summed E-state index contributed by atoms with van der Waals surface area (Å²) in [5.41, 5.74) is -4.58. The number of carbonyl (C=O) groups excluding carboxylic acids is 2. The lowest BCUT2D eigenvalue weighted by atomic mass is 9.44. The second kappa shape index (κ2) is 8.29. The molecule has 0 spiro atoms. The van der Waals surface area contributed by atoms with Crippen LogP contribution in [0.1, 0.15) is 78.1 Å². The third-order valence-electron chi connectivity index (χ3n) is 11.2. The summed E-state index contributed by atoms with van der Waals surface area (Å²) in [5, 5.41) is 21.6. The zero-order valence-electron chi connectivity index (χ0n) is 21.4. The van der Waals surface area contributed by atoms with Crippen LogP contribution in [0, 0.1) is 28.6 Å². The monoisotopic (exact) mass is 502 g/mol. The summed E-state index contributed by atoms with van der Waals surface area (Å²) in [6.45, 7) is 3.06. The summed E-state index contributed by atoms with van der Waals surface area (Å²) < 4.78 is 30.4. The van der Waals surface area contributed by atoms with Gasteiger partial charge in [-0.15, -0.1) is 0 Å². The fourth-order valence-electron chi connectivity index (χ4n) is 9.45. The molecule has 5 aliphatic carbocycles. The van der Waals surface area contributed by atoms with Gasteiger partial charge in [0.05, 0.1) is 12.2 Å². The highest BCUT2D eigenvalue weighted by Crippen LogP contribution is 2.71. The fraction of sp³-hybridized carbons (Fsp3) is 0.793. The van der Waals surface area contributed by atoms with E-state index in [2.05, 4.69) is 0 Å². The van der Waals surface area contributed by atoms with Gasteiger partial charge in [-0.3, -0.25) is 9.59 Å². The van der Waals surface area contributed by atoms with Crippen LogP contribution in [0.15, 0.2) is 23.8 Å². The Morgan fingerprint density at radius 2 is 1.92 bits per heavy atom. The molecule has 1 aliphatic heterocycles. The number of Topliss-reactive ketones (excluding diaryl/α,β-unsaturated/α-hetero) is 1. The number of ketones is 2. The van der Waals surface area contributed by atoms with Crippen LogP contribution in [0.5, 0.6) is 0 Å². The van der Waals surface area contributed by atoms with Crippen molar-refractivity contribution in [3.05, 3.63) is 23.8 Å². The van der Waals surface area contributed by atoms with Crippen LogP contribution in [0.25, 0.3) is 0 Å². The number of aliphatic hydroxyl groups is 2. The molecule has 5 fully saturated rings. The van der Waals surface area contributed by atoms with E-state index in [4.69, 9.17) is 9.47 Å². The molecule has 6 aliphatic rings. The topological polar surface area (TPSA) is 93.1 Å². The molecule has 9 atom stereocenters. The molecule has 6 rings (SSSR count). The molecule has 1 heterocycles. The third-order valence-corrected chi connectivity index (χ3v) is 11.2. The van der Waals surface area contributed by atoms with Crippen molar-refractivity contribution in [1.82, 2.24) is 0 Å². The van der Waals surface area contributed by atoms with Crippen LogP contribution >= 0.6 is 0 Å². The van der Waals surface area contributed by atoms with Crippen LogP contribution < -0.4 is 0 Å². The largest absolute Gasteiger partial charge is 0.390 e. The van der Waals surface area contributed by atoms with E-state index in [0.29, 0.717) is 25.2 Å². The number of hydrogen-bond acceptors (Lipinski definition) is 6. The van der Waals surface area contributed by atoms with Crippen molar-refractivity contribution in [1.29, 1.82) is 0 Å². The molecule has 0 radical (unpaired) electrons. The zero-order chi connectivity index (χ0) is 25.5. The SMILES string of the molecule is C[C@]12C=CC(=O)C=C1CC[C@H]1[C@@H]3C[C@H]4OC(CC5CCCCC5)O[C@@]4(C(=O)CO)[C@@]3(C)C[C@H](O)[C@@]12F. The van der Waals surface area contributed by atoms with Crippen molar-refractivity contribution in [2.75, 3.05) is 6.61 Å². The lowest BCUT2D eigenvalue weighted by molar-refractivity contribution is -0.232. The van der Waals surface area contributed by atoms with Crippen LogP contribution in [0.3, 0.4) is 0 Å². The molecule has 0 aromatic heterocycles. The average Bonchev–Trinajstić information content (AvgIpc) is 3.33. The predicted molar refractivity (Wildman–Crippen MR) is 129 cm³/mol. The number of rotatable bonds is 4. The lowest BCUT2D eigenvalue weighted by Gasteiger charge is -2.62. The van der Waals surface area contributed by atoms with Crippen molar-refractivity contribution in [2.45, 2.75) is 108 Å². The normalized spacial score (nSPS) is 50.2. The minimum absolute atomic E-state index is 0.0388. The van der Waals surface area contributed by atoms with Gasteiger partial charge in [0.2, 0.25) is 0 Å². The van der Waals surface area contributed by atoms with Crippen LogP contribution in [0.2, 0.25) is 0 Å². The van der Waals surface area contributed by atoms with Gasteiger partial charge in [-0.05, 0) is 56.6 Å². The minimum Gasteiger partial charge on any atom is -0.390 e. The molecule has 0 amide bonds. The first kappa shape index (κ1) is 24.9. The van der Waals surface area contributed by atoms with Gasteiger partial charge in [0.25, 0.3) is 0 Å². The standard InChI is InChI=1S/C29H39FO6/c1-26-11-10-19(32)13-18(26)8-9-20-21-14-24-29(23(34)16-31,27(21,2)15-22(33)28(20,26)30)36-25(35-24)12-17-6-4-3-5-7-17/h10-11,13,17,20-22,24-25,31,33H,3-9,12,14-16H2,1-2H3/t20-,21-,22-,24+,25?,26-,27-,28-,29+/m0/s1. The Kier molecular flexibility index (Phi) is 5.74. The van der Waals surface area contributed by atoms with E-state index in [9.17, 15) is 19.8 Å². The van der Waals surface area contributed by atoms with Crippen molar-refractivity contribution in [2.24, 2.45) is 28.6 Å². The van der Waals surface area contributed by atoms with E-state index in [0.717, 1.165) is 24.8 Å². The molecule has 1 unspecified atom stereocenters. The maximum absolute atomic E-state index is 17.4. The molecule has 1 saturated heterocycles. The molecule has 198 valence electrons. The van der Waals surface area contributed by atoms with E-state index < -0.39 is 58.9 Å². The van der Waals surface area contributed by atoms with Crippen molar-refractivity contribution < 1.29 is 33.7 Å². The van der Waals surface area contributed by atoms with E-state index in [1.54, 1.807) is 13.0 Å². The summed E-state index contributed by atoms with van der Waals surface area (Å²) in [5.74, 6) is -0.857. The smallest absolute Gasteiger partial charge is 0.193 e. The van der Waals surface area contributed by atoms with E-state index in [-0.39, 0.29) is 18.1 Å². The van der Waals surface area contributed by atoms with Crippen LogP contribution in [-0.4, -0.2) is 58.2 Å². The van der Waals surface area contributed by atoms with Crippen LogP contribution in [0.4, 0.5) is 4.39 Å². The first-order valence-corrected chi connectivity index (χ1v) is 13.9. The van der Waals surface area contributed by atoms with Gasteiger partial charge in [-0.25, -0.2) is 4.39 Å². The molecule has 7 heteroatoms. The first-order valence-electron chi connectivity index (χ1n) is 13.9. The minimum atomic E-state index is -1.97. The summed E-state index contributed by atoms with van der Waals surface area (Å²) in [6.07, 6.45) is 10.3. The Labute approximate surface area is 212 Å². The zero-order valence-corrected chi connectivity index (χ0v) is 21.4. The molecule has 0 aromatic rings. The maximum atomic E-state index is 17.4. The highest BCUT2D eigenvalue weighted by Gasteiger charge is 2.79. The van der Waals surface area contributed by atoms with Crippen molar-refractivity contribution in [3.63, 3.8) is 0 Å². The number of allylic oxidation sites excluding steroid dienone is 4. The van der Waals surface area contributed by atoms with E-state index in [1.165, 1.54) is 31.4 Å². The highest BCUT2D eigenvalue weighted by atomic mass is 19.1. The lowest BCUT2D eigenvalue weighted by Crippen LogP contribution is -2.69. The molecule has 4 saturated carbocycles. The van der Waals surface area contributed by atoms with Gasteiger partial charge in [-0.1, -0.05) is 50.7 Å². The number of hydrogen-bond donors (Lipinski definition) is 2. The second-order valence-electron chi connectivity index (χ2n) is 12.7. The van der Waals surface area contributed by atoms with Crippen molar-refractivity contribution >= 4 is 11.6 Å². The first-order chi connectivity index (χ1) is 17.1. The number of carbonyl (C=O) groups is 2. The Morgan fingerprint density at radius 1 is 1.17 bits per heavy atom. The fourth-order valence-corrected chi connectivity index (χ4v) is 9.45. The molecule has 6 nitrogen and oxygen atoms in total.